The van der Waals surface area contributed by atoms with Crippen LogP contribution in [0.1, 0.15) is 93.0 Å². The van der Waals surface area contributed by atoms with Gasteiger partial charge in [-0.3, -0.25) is 0 Å². The van der Waals surface area contributed by atoms with E-state index in [1.165, 1.54) is 89.0 Å². The summed E-state index contributed by atoms with van der Waals surface area (Å²) in [6.07, 6.45) is 13.3. The number of carbonyl (C=O) groups is 1. The van der Waals surface area contributed by atoms with Gasteiger partial charge in [-0.1, -0.05) is 44.7 Å². The van der Waals surface area contributed by atoms with Gasteiger partial charge in [-0.25, -0.2) is 4.79 Å². The van der Waals surface area contributed by atoms with Crippen LogP contribution in [-0.4, -0.2) is 13.1 Å². The average molecular weight is 471 g/mol. The number of methoxy groups -OCH3 is 1. The second-order valence-corrected chi connectivity index (χ2v) is 10.1. The number of rotatable bonds is 7. The van der Waals surface area contributed by atoms with E-state index in [2.05, 4.69) is 6.92 Å². The highest BCUT2D eigenvalue weighted by molar-refractivity contribution is 5.91. The van der Waals surface area contributed by atoms with E-state index in [0.717, 1.165) is 17.8 Å². The average Bonchev–Trinajstić information content (AvgIpc) is 2.88. The first-order valence-electron chi connectivity index (χ1n) is 12.8. The molecule has 0 spiro atoms. The molecule has 0 unspecified atom stereocenters. The number of carbonyl (C=O) groups excluding carboxylic acids is 1. The minimum atomic E-state index is -1.24. The Bertz CT molecular complexity index is 956. The quantitative estimate of drug-likeness (QED) is 0.303. The molecule has 2 aliphatic rings. The fourth-order valence-corrected chi connectivity index (χ4v) is 6.08. The second kappa shape index (κ2) is 11.3. The van der Waals surface area contributed by atoms with E-state index in [4.69, 9.17) is 9.47 Å². The summed E-state index contributed by atoms with van der Waals surface area (Å²) < 4.78 is 37.8. The summed E-state index contributed by atoms with van der Waals surface area (Å²) in [5.41, 5.74) is 1.56. The molecule has 0 N–H and O–H groups in total. The van der Waals surface area contributed by atoms with Crippen LogP contribution >= 0.6 is 0 Å². The molecule has 0 aromatic heterocycles. The number of ether oxygens (including phenoxy) is 2. The maximum Gasteiger partial charge on any atom is 0.343 e. The summed E-state index contributed by atoms with van der Waals surface area (Å²) in [4.78, 5) is 12.5. The Hall–Kier alpha value is -2.43. The molecule has 2 fully saturated rings. The molecule has 2 aliphatic carbocycles. The molecule has 4 rings (SSSR count). The van der Waals surface area contributed by atoms with Crippen molar-refractivity contribution < 1.29 is 23.0 Å². The van der Waals surface area contributed by atoms with E-state index in [9.17, 15) is 13.6 Å². The first-order chi connectivity index (χ1) is 16.5. The lowest BCUT2D eigenvalue weighted by Gasteiger charge is -2.38. The van der Waals surface area contributed by atoms with Crippen LogP contribution < -0.4 is 9.47 Å². The van der Waals surface area contributed by atoms with Crippen LogP contribution in [0, 0.1) is 29.4 Å². The summed E-state index contributed by atoms with van der Waals surface area (Å²) in [5, 5.41) is 0. The molecule has 2 aromatic carbocycles. The van der Waals surface area contributed by atoms with Gasteiger partial charge in [0.15, 0.2) is 11.5 Å². The Kier molecular flexibility index (Phi) is 8.23. The van der Waals surface area contributed by atoms with Crippen molar-refractivity contribution in [2.45, 2.75) is 77.0 Å². The molecule has 34 heavy (non-hydrogen) atoms. The molecule has 0 aliphatic heterocycles. The molecule has 2 aromatic rings. The lowest BCUT2D eigenvalue weighted by atomic mass is 9.68. The van der Waals surface area contributed by atoms with Crippen molar-refractivity contribution in [3.63, 3.8) is 0 Å². The van der Waals surface area contributed by atoms with E-state index >= 15 is 0 Å². The number of hydrogen-bond acceptors (Lipinski definition) is 3. The summed E-state index contributed by atoms with van der Waals surface area (Å²) in [7, 11) is 1.25. The van der Waals surface area contributed by atoms with Crippen molar-refractivity contribution in [3.8, 4) is 11.5 Å². The Balaban J connectivity index is 1.30. The molecule has 0 bridgehead atoms. The lowest BCUT2D eigenvalue weighted by molar-refractivity contribution is 0.0726. The van der Waals surface area contributed by atoms with Gasteiger partial charge >= 0.3 is 5.97 Å². The Morgan fingerprint density at radius 3 is 1.97 bits per heavy atom. The Morgan fingerprint density at radius 2 is 1.38 bits per heavy atom. The third-order valence-electron chi connectivity index (χ3n) is 8.08. The van der Waals surface area contributed by atoms with E-state index in [1.807, 2.05) is 12.1 Å². The van der Waals surface area contributed by atoms with Crippen LogP contribution in [0.5, 0.6) is 11.5 Å². The molecule has 0 atom stereocenters. The van der Waals surface area contributed by atoms with E-state index in [0.29, 0.717) is 11.5 Å². The van der Waals surface area contributed by atoms with Gasteiger partial charge in [-0.05, 0) is 92.0 Å². The highest BCUT2D eigenvalue weighted by Crippen LogP contribution is 2.44. The monoisotopic (exact) mass is 470 g/mol. The smallest absolute Gasteiger partial charge is 0.343 e. The summed E-state index contributed by atoms with van der Waals surface area (Å²) in [6.45, 7) is 2.30. The van der Waals surface area contributed by atoms with Crippen LogP contribution in [0.15, 0.2) is 36.4 Å². The topological polar surface area (TPSA) is 35.5 Å². The predicted molar refractivity (Wildman–Crippen MR) is 129 cm³/mol. The number of halogens is 2. The molecule has 2 saturated carbocycles. The standard InChI is InChI=1S/C29H36F2O3/c1-3-4-19-5-7-20(8-6-19)21-9-11-22(12-10-21)23-13-15-24(16-14-23)29(32)34-26-18-17-25(33-2)27(30)28(26)31/h13-22H,3-12H2,1-2H3. The fraction of sp³-hybridized carbons (Fsp3) is 0.552. The molecule has 0 heterocycles. The highest BCUT2D eigenvalue weighted by atomic mass is 19.2. The van der Waals surface area contributed by atoms with Crippen LogP contribution in [0.2, 0.25) is 0 Å². The van der Waals surface area contributed by atoms with Crippen LogP contribution in [0.25, 0.3) is 0 Å². The number of benzene rings is 2. The van der Waals surface area contributed by atoms with Crippen molar-refractivity contribution >= 4 is 5.97 Å². The second-order valence-electron chi connectivity index (χ2n) is 10.1. The SMILES string of the molecule is CCCC1CCC(C2CCC(c3ccc(C(=O)Oc4ccc(OC)c(F)c4F)cc3)CC2)CC1. The molecule has 5 heteroatoms. The zero-order valence-corrected chi connectivity index (χ0v) is 20.3. The van der Waals surface area contributed by atoms with Gasteiger partial charge in [0.05, 0.1) is 12.7 Å². The third-order valence-corrected chi connectivity index (χ3v) is 8.08. The Labute approximate surface area is 201 Å². The normalized spacial score (nSPS) is 25.1. The largest absolute Gasteiger partial charge is 0.494 e. The van der Waals surface area contributed by atoms with Crippen molar-refractivity contribution in [1.82, 2.24) is 0 Å². The summed E-state index contributed by atoms with van der Waals surface area (Å²) >= 11 is 0. The van der Waals surface area contributed by atoms with Crippen LogP contribution in [0.4, 0.5) is 8.78 Å². The van der Waals surface area contributed by atoms with E-state index in [-0.39, 0.29) is 5.75 Å². The van der Waals surface area contributed by atoms with Gasteiger partial charge in [0, 0.05) is 0 Å². The van der Waals surface area contributed by atoms with Crippen LogP contribution in [-0.2, 0) is 0 Å². The molecule has 184 valence electrons. The lowest BCUT2D eigenvalue weighted by Crippen LogP contribution is -2.25. The van der Waals surface area contributed by atoms with Gasteiger partial charge in [0.2, 0.25) is 11.6 Å². The first kappa shape index (κ1) is 24.7. The van der Waals surface area contributed by atoms with Gasteiger partial charge in [0.25, 0.3) is 0 Å². The predicted octanol–water partition coefficient (Wildman–Crippen LogP) is 8.07. The highest BCUT2D eigenvalue weighted by Gasteiger charge is 2.31. The maximum atomic E-state index is 14.1. The van der Waals surface area contributed by atoms with Gasteiger partial charge in [0.1, 0.15) is 0 Å². The summed E-state index contributed by atoms with van der Waals surface area (Å²) in [5.74, 6) is -0.545. The summed E-state index contributed by atoms with van der Waals surface area (Å²) in [6, 6.07) is 9.81. The van der Waals surface area contributed by atoms with Crippen molar-refractivity contribution in [2.24, 2.45) is 17.8 Å². The van der Waals surface area contributed by atoms with Gasteiger partial charge < -0.3 is 9.47 Å². The molecular formula is C29H36F2O3. The van der Waals surface area contributed by atoms with Crippen molar-refractivity contribution in [1.29, 1.82) is 0 Å². The molecule has 3 nitrogen and oxygen atoms in total. The molecule has 0 radical (unpaired) electrons. The zero-order valence-electron chi connectivity index (χ0n) is 20.3. The fourth-order valence-electron chi connectivity index (χ4n) is 6.08. The molecule has 0 saturated heterocycles. The number of hydrogen-bond donors (Lipinski definition) is 0. The van der Waals surface area contributed by atoms with E-state index < -0.39 is 23.4 Å². The third kappa shape index (κ3) is 5.61. The van der Waals surface area contributed by atoms with E-state index in [1.54, 1.807) is 12.1 Å². The minimum Gasteiger partial charge on any atom is -0.494 e. The first-order valence-corrected chi connectivity index (χ1v) is 12.8. The molecular weight excluding hydrogens is 434 g/mol. The van der Waals surface area contributed by atoms with Crippen LogP contribution in [0.3, 0.4) is 0 Å². The van der Waals surface area contributed by atoms with Gasteiger partial charge in [-0.2, -0.15) is 8.78 Å². The van der Waals surface area contributed by atoms with Crippen molar-refractivity contribution in [2.75, 3.05) is 7.11 Å². The maximum absolute atomic E-state index is 14.1. The van der Waals surface area contributed by atoms with Crippen molar-refractivity contribution in [3.05, 3.63) is 59.2 Å². The van der Waals surface area contributed by atoms with Gasteiger partial charge in [-0.15, -0.1) is 0 Å². The zero-order chi connectivity index (χ0) is 24.1. The minimum absolute atomic E-state index is 0.236. The Morgan fingerprint density at radius 1 is 0.824 bits per heavy atom. The number of esters is 1. The molecule has 0 amide bonds.